The van der Waals surface area contributed by atoms with Crippen LogP contribution in [0, 0.1) is 5.92 Å². The lowest BCUT2D eigenvalue weighted by Crippen LogP contribution is -2.25. The molecule has 1 aliphatic rings. The van der Waals surface area contributed by atoms with Gasteiger partial charge in [-0.1, -0.05) is 54.8 Å². The quantitative estimate of drug-likeness (QED) is 0.693. The molecule has 0 spiro atoms. The van der Waals surface area contributed by atoms with Gasteiger partial charge in [-0.2, -0.15) is 0 Å². The number of hydrogen-bond donors (Lipinski definition) is 1. The van der Waals surface area contributed by atoms with Crippen LogP contribution in [-0.2, 0) is 17.9 Å². The molecule has 0 radical (unpaired) electrons. The van der Waals surface area contributed by atoms with Crippen molar-refractivity contribution >= 4 is 15.9 Å². The number of nitrogens with one attached hydrogen (secondary N) is 1. The van der Waals surface area contributed by atoms with Crippen LogP contribution in [0.3, 0.4) is 0 Å². The third kappa shape index (κ3) is 5.39. The molecule has 2 unspecified atom stereocenters. The molecule has 0 heterocycles. The van der Waals surface area contributed by atoms with Crippen molar-refractivity contribution in [3.05, 3.63) is 33.8 Å². The Morgan fingerprint density at radius 3 is 2.81 bits per heavy atom. The first kappa shape index (κ1) is 17.0. The second-order valence-electron chi connectivity index (χ2n) is 6.21. The van der Waals surface area contributed by atoms with Crippen LogP contribution in [0.2, 0.25) is 0 Å². The third-order valence-electron chi connectivity index (χ3n) is 4.36. The lowest BCUT2D eigenvalue weighted by atomic mass is 9.88. The van der Waals surface area contributed by atoms with Crippen molar-refractivity contribution in [3.63, 3.8) is 0 Å². The Morgan fingerprint density at radius 2 is 2.10 bits per heavy atom. The minimum atomic E-state index is 0.441. The first-order chi connectivity index (χ1) is 10.2. The molecule has 3 heteroatoms. The summed E-state index contributed by atoms with van der Waals surface area (Å²) < 4.78 is 7.32. The molecule has 0 amide bonds. The van der Waals surface area contributed by atoms with Crippen LogP contribution in [0.25, 0.3) is 0 Å². The van der Waals surface area contributed by atoms with E-state index in [1.54, 1.807) is 0 Å². The van der Waals surface area contributed by atoms with Gasteiger partial charge in [0.15, 0.2) is 0 Å². The molecular weight excluding hydrogens is 326 g/mol. The Morgan fingerprint density at radius 1 is 1.29 bits per heavy atom. The van der Waals surface area contributed by atoms with Gasteiger partial charge in [0, 0.05) is 11.0 Å². The smallest absolute Gasteiger partial charge is 0.0731 e. The van der Waals surface area contributed by atoms with Gasteiger partial charge in [-0.25, -0.2) is 0 Å². The van der Waals surface area contributed by atoms with Gasteiger partial charge in [-0.15, -0.1) is 0 Å². The summed E-state index contributed by atoms with van der Waals surface area (Å²) in [5.74, 6) is 0.704. The Balaban J connectivity index is 1.85. The molecule has 2 rings (SSSR count). The highest BCUT2D eigenvalue weighted by Gasteiger charge is 2.21. The van der Waals surface area contributed by atoms with E-state index in [1.165, 1.54) is 47.7 Å². The first-order valence-electron chi connectivity index (χ1n) is 8.30. The van der Waals surface area contributed by atoms with Gasteiger partial charge in [-0.3, -0.25) is 0 Å². The fourth-order valence-corrected chi connectivity index (χ4v) is 3.49. The zero-order valence-corrected chi connectivity index (χ0v) is 14.9. The summed E-state index contributed by atoms with van der Waals surface area (Å²) >= 11 is 3.69. The molecule has 118 valence electrons. The molecule has 0 aliphatic heterocycles. The molecule has 1 N–H and O–H groups in total. The number of hydrogen-bond acceptors (Lipinski definition) is 2. The van der Waals surface area contributed by atoms with Crippen molar-refractivity contribution in [2.45, 2.75) is 65.2 Å². The fourth-order valence-electron chi connectivity index (χ4n) is 2.95. The lowest BCUT2D eigenvalue weighted by molar-refractivity contribution is -0.0156. The second kappa shape index (κ2) is 8.92. The summed E-state index contributed by atoms with van der Waals surface area (Å²) in [5.41, 5.74) is 2.58. The molecule has 1 fully saturated rings. The van der Waals surface area contributed by atoms with E-state index < -0.39 is 0 Å². The van der Waals surface area contributed by atoms with Crippen molar-refractivity contribution in [1.82, 2.24) is 5.32 Å². The molecule has 0 aromatic heterocycles. The maximum Gasteiger partial charge on any atom is 0.0731 e. The normalized spacial score (nSPS) is 22.4. The number of halogens is 1. The predicted molar refractivity (Wildman–Crippen MR) is 92.3 cm³/mol. The van der Waals surface area contributed by atoms with Gasteiger partial charge in [0.05, 0.1) is 12.7 Å². The molecule has 1 aromatic carbocycles. The highest BCUT2D eigenvalue weighted by atomic mass is 79.9. The van der Waals surface area contributed by atoms with Crippen molar-refractivity contribution in [1.29, 1.82) is 0 Å². The van der Waals surface area contributed by atoms with Crippen LogP contribution >= 0.6 is 15.9 Å². The molecule has 2 nitrogen and oxygen atoms in total. The topological polar surface area (TPSA) is 21.3 Å². The third-order valence-corrected chi connectivity index (χ3v) is 5.10. The maximum absolute atomic E-state index is 6.15. The summed E-state index contributed by atoms with van der Waals surface area (Å²) in [5, 5.41) is 3.44. The fraction of sp³-hybridized carbons (Fsp3) is 0.667. The van der Waals surface area contributed by atoms with E-state index in [9.17, 15) is 0 Å². The molecule has 1 saturated carbocycles. The Labute approximate surface area is 137 Å². The van der Waals surface area contributed by atoms with Gasteiger partial charge in [0.2, 0.25) is 0 Å². The van der Waals surface area contributed by atoms with Crippen LogP contribution in [0.5, 0.6) is 0 Å². The average molecular weight is 354 g/mol. The van der Waals surface area contributed by atoms with Crippen LogP contribution < -0.4 is 5.32 Å². The van der Waals surface area contributed by atoms with Gasteiger partial charge in [-0.05, 0) is 48.9 Å². The summed E-state index contributed by atoms with van der Waals surface area (Å²) in [6, 6.07) is 6.61. The van der Waals surface area contributed by atoms with Crippen LogP contribution in [-0.4, -0.2) is 12.6 Å². The Kier molecular flexibility index (Phi) is 7.21. The summed E-state index contributed by atoms with van der Waals surface area (Å²) in [4.78, 5) is 0. The van der Waals surface area contributed by atoms with Gasteiger partial charge >= 0.3 is 0 Å². The van der Waals surface area contributed by atoms with Gasteiger partial charge < -0.3 is 10.1 Å². The minimum Gasteiger partial charge on any atom is -0.373 e. The highest BCUT2D eigenvalue weighted by molar-refractivity contribution is 9.10. The Hall–Kier alpha value is -0.380. The number of rotatable bonds is 7. The average Bonchev–Trinajstić information content (AvgIpc) is 2.48. The van der Waals surface area contributed by atoms with Gasteiger partial charge in [0.1, 0.15) is 0 Å². The van der Waals surface area contributed by atoms with E-state index >= 15 is 0 Å². The first-order valence-corrected chi connectivity index (χ1v) is 9.09. The zero-order chi connectivity index (χ0) is 15.1. The number of ether oxygens (including phenoxy) is 1. The van der Waals surface area contributed by atoms with Crippen molar-refractivity contribution in [3.8, 4) is 0 Å². The van der Waals surface area contributed by atoms with E-state index in [-0.39, 0.29) is 0 Å². The highest BCUT2D eigenvalue weighted by Crippen LogP contribution is 2.28. The Bertz CT molecular complexity index is 435. The van der Waals surface area contributed by atoms with Crippen LogP contribution in [0.15, 0.2) is 22.7 Å². The standard InChI is InChI=1S/C18H28BrNO/c1-3-10-20-12-15-8-9-16(17(19)11-15)13-21-18-7-5-4-6-14(18)2/h8-9,11,14,18,20H,3-7,10,12-13H2,1-2H3. The largest absolute Gasteiger partial charge is 0.373 e. The summed E-state index contributed by atoms with van der Waals surface area (Å²) in [6.07, 6.45) is 6.83. The molecule has 1 aromatic rings. The minimum absolute atomic E-state index is 0.441. The van der Waals surface area contributed by atoms with Crippen molar-refractivity contribution in [2.24, 2.45) is 5.92 Å². The summed E-state index contributed by atoms with van der Waals surface area (Å²) in [7, 11) is 0. The monoisotopic (exact) mass is 353 g/mol. The van der Waals surface area contributed by atoms with Crippen molar-refractivity contribution in [2.75, 3.05) is 6.54 Å². The molecular formula is C18H28BrNO. The van der Waals surface area contributed by atoms with E-state index in [1.807, 2.05) is 0 Å². The predicted octanol–water partition coefficient (Wildman–Crippen LogP) is 5.04. The second-order valence-corrected chi connectivity index (χ2v) is 7.07. The number of benzene rings is 1. The zero-order valence-electron chi connectivity index (χ0n) is 13.3. The van der Waals surface area contributed by atoms with E-state index in [0.29, 0.717) is 12.0 Å². The van der Waals surface area contributed by atoms with Gasteiger partial charge in [0.25, 0.3) is 0 Å². The maximum atomic E-state index is 6.15. The van der Waals surface area contributed by atoms with E-state index in [0.717, 1.165) is 19.7 Å². The SMILES string of the molecule is CCCNCc1ccc(COC2CCCCC2C)c(Br)c1. The van der Waals surface area contributed by atoms with E-state index in [4.69, 9.17) is 4.74 Å². The molecule has 2 atom stereocenters. The summed E-state index contributed by atoms with van der Waals surface area (Å²) in [6.45, 7) is 7.24. The lowest BCUT2D eigenvalue weighted by Gasteiger charge is -2.28. The molecule has 21 heavy (non-hydrogen) atoms. The van der Waals surface area contributed by atoms with Crippen molar-refractivity contribution < 1.29 is 4.74 Å². The van der Waals surface area contributed by atoms with Crippen LogP contribution in [0.1, 0.15) is 57.1 Å². The molecule has 0 saturated heterocycles. The molecule has 0 bridgehead atoms. The molecule has 1 aliphatic carbocycles. The van der Waals surface area contributed by atoms with E-state index in [2.05, 4.69) is 53.3 Å². The van der Waals surface area contributed by atoms with Crippen LogP contribution in [0.4, 0.5) is 0 Å².